The normalized spacial score (nSPS) is 17.7. The first kappa shape index (κ1) is 30.6. The Morgan fingerprint density at radius 2 is 1.90 bits per heavy atom. The number of aryl methyl sites for hydroxylation is 2. The molecule has 9 rings (SSSR count). The number of aromatic amines is 1. The zero-order valence-electron chi connectivity index (χ0n) is 26.9. The highest BCUT2D eigenvalue weighted by Crippen LogP contribution is 2.50. The molecule has 3 aliphatic rings. The van der Waals surface area contributed by atoms with Crippen molar-refractivity contribution in [3.05, 3.63) is 111 Å². The monoisotopic (exact) mass is 692 g/mol. The molecule has 0 unspecified atom stereocenters. The summed E-state index contributed by atoms with van der Waals surface area (Å²) in [6.45, 7) is 0.635. The van der Waals surface area contributed by atoms with Crippen LogP contribution in [0.1, 0.15) is 69.8 Å². The Balaban J connectivity index is 1.20. The number of aromatic nitrogens is 4. The number of amides is 1. The zero-order chi connectivity index (χ0) is 34.1. The summed E-state index contributed by atoms with van der Waals surface area (Å²) in [7, 11) is 1.55. The number of ether oxygens (including phenoxy) is 1. The molecule has 2 N–H and O–H groups in total. The fraction of sp³-hybridized carbons (Fsp3) is 0.270. The molecule has 4 aromatic heterocycles. The number of hydrogen-bond donors (Lipinski definition) is 2. The Labute approximate surface area is 288 Å². The van der Waals surface area contributed by atoms with Gasteiger partial charge in [-0.25, -0.2) is 23.7 Å². The molecule has 2 aliphatic heterocycles. The van der Waals surface area contributed by atoms with Crippen LogP contribution in [0.5, 0.6) is 5.75 Å². The van der Waals surface area contributed by atoms with Crippen molar-refractivity contribution in [3.63, 3.8) is 0 Å². The largest absolute Gasteiger partial charge is 0.496 e. The van der Waals surface area contributed by atoms with E-state index in [4.69, 9.17) is 19.1 Å². The smallest absolute Gasteiger partial charge is 0.434 e. The summed E-state index contributed by atoms with van der Waals surface area (Å²) >= 11 is 1.47. The molecule has 1 amide bonds. The highest BCUT2D eigenvalue weighted by atomic mass is 32.1. The summed E-state index contributed by atoms with van der Waals surface area (Å²) in [6, 6.07) is 12.9. The van der Waals surface area contributed by atoms with Gasteiger partial charge in [-0.2, -0.15) is 0 Å². The van der Waals surface area contributed by atoms with Crippen LogP contribution in [0.25, 0.3) is 32.0 Å². The predicted octanol–water partition coefficient (Wildman–Crippen LogP) is 7.16. The molecule has 0 spiro atoms. The number of carbonyl (C=O) groups excluding carboxylic acids is 1. The molecule has 6 aromatic rings. The lowest BCUT2D eigenvalue weighted by Crippen LogP contribution is -2.22. The maximum atomic E-state index is 14.6. The van der Waals surface area contributed by atoms with Gasteiger partial charge < -0.3 is 19.4 Å². The van der Waals surface area contributed by atoms with Crippen LogP contribution in [-0.2, 0) is 19.3 Å². The van der Waals surface area contributed by atoms with Crippen molar-refractivity contribution >= 4 is 33.1 Å². The van der Waals surface area contributed by atoms with E-state index < -0.39 is 5.76 Å². The molecule has 0 radical (unpaired) electrons. The maximum absolute atomic E-state index is 14.6. The number of carbonyl (C=O) groups is 1. The third-order valence-corrected chi connectivity index (χ3v) is 11.2. The minimum Gasteiger partial charge on any atom is -0.496 e. The molecule has 1 aliphatic carbocycles. The van der Waals surface area contributed by atoms with Gasteiger partial charge in [0.25, 0.3) is 11.8 Å². The third-order valence-electron chi connectivity index (χ3n) is 10.0. The number of nitrogens with zero attached hydrogens (tertiary/aromatic N) is 4. The highest BCUT2D eigenvalue weighted by molar-refractivity contribution is 7.23. The number of thiophene rings is 1. The summed E-state index contributed by atoms with van der Waals surface area (Å²) in [4.78, 5) is 39.0. The van der Waals surface area contributed by atoms with Gasteiger partial charge in [0.1, 0.15) is 23.2 Å². The topological polar surface area (TPSA) is 126 Å². The summed E-state index contributed by atoms with van der Waals surface area (Å²) in [5.41, 5.74) is 5.66. The van der Waals surface area contributed by atoms with E-state index in [2.05, 4.69) is 15.5 Å². The standard InChI is InChI=1S/C37H30F2N6O4S/c1-48-27-17-21(39)16-23-22(27)9-11-24(23)42-34-33-19(12-13-40-34)15-28(50-33)30-29(35-43-44-37(47)49-35)25(10-6-18-4-7-20(38)8-5-18)41-32-26-3-2-14-45(26)36(46)31(30)32/h4-5,7-8,12-13,15-17,24,26H,2-3,6,9-11,14H2,1H3,(H,40,42)(H,44,47)/t24-,26+/m1/s1. The number of anilines is 1. The van der Waals surface area contributed by atoms with Crippen LogP contribution in [0, 0.1) is 11.6 Å². The van der Waals surface area contributed by atoms with Crippen LogP contribution < -0.4 is 15.8 Å². The number of methoxy groups -OCH3 is 1. The first-order valence-electron chi connectivity index (χ1n) is 16.6. The minimum absolute atomic E-state index is 0.0433. The molecule has 0 saturated carbocycles. The van der Waals surface area contributed by atoms with Crippen molar-refractivity contribution in [1.82, 2.24) is 25.1 Å². The molecule has 6 heterocycles. The lowest BCUT2D eigenvalue weighted by Gasteiger charge is -2.16. The number of nitrogens with one attached hydrogen (secondary N) is 2. The molecular formula is C37H30F2N6O4S. The molecule has 0 bridgehead atoms. The molecular weight excluding hydrogens is 663 g/mol. The van der Waals surface area contributed by atoms with Crippen LogP contribution in [0.3, 0.4) is 0 Å². The molecule has 2 aromatic carbocycles. The number of hydrogen-bond acceptors (Lipinski definition) is 9. The van der Waals surface area contributed by atoms with Crippen LogP contribution in [0.4, 0.5) is 14.6 Å². The Kier molecular flexibility index (Phi) is 7.27. The molecule has 252 valence electrons. The Hall–Kier alpha value is -5.43. The van der Waals surface area contributed by atoms with Crippen LogP contribution >= 0.6 is 11.3 Å². The van der Waals surface area contributed by atoms with Crippen molar-refractivity contribution in [2.75, 3.05) is 19.0 Å². The second-order valence-corrected chi connectivity index (χ2v) is 13.9. The quantitative estimate of drug-likeness (QED) is 0.172. The van der Waals surface area contributed by atoms with E-state index in [1.54, 1.807) is 31.5 Å². The number of rotatable bonds is 8. The number of pyridine rings is 2. The molecule has 1 fully saturated rings. The average Bonchev–Trinajstić information content (AvgIpc) is 3.95. The maximum Gasteiger partial charge on any atom is 0.434 e. The second-order valence-electron chi connectivity index (χ2n) is 12.9. The molecule has 13 heteroatoms. The van der Waals surface area contributed by atoms with E-state index in [0.29, 0.717) is 59.0 Å². The molecule has 1 saturated heterocycles. The van der Waals surface area contributed by atoms with Gasteiger partial charge in [-0.3, -0.25) is 9.78 Å². The van der Waals surface area contributed by atoms with Crippen molar-refractivity contribution in [2.24, 2.45) is 0 Å². The van der Waals surface area contributed by atoms with Gasteiger partial charge in [0.2, 0.25) is 0 Å². The van der Waals surface area contributed by atoms with Crippen molar-refractivity contribution in [2.45, 2.75) is 50.6 Å². The number of fused-ring (bicyclic) bond motifs is 5. The zero-order valence-corrected chi connectivity index (χ0v) is 27.7. The number of halogens is 2. The van der Waals surface area contributed by atoms with Gasteiger partial charge in [-0.1, -0.05) is 12.1 Å². The van der Waals surface area contributed by atoms with E-state index in [0.717, 1.165) is 57.3 Å². The van der Waals surface area contributed by atoms with E-state index in [9.17, 15) is 18.4 Å². The van der Waals surface area contributed by atoms with Crippen LogP contribution in [0.15, 0.2) is 63.9 Å². The van der Waals surface area contributed by atoms with Gasteiger partial charge >= 0.3 is 5.76 Å². The summed E-state index contributed by atoms with van der Waals surface area (Å²) < 4.78 is 40.2. The van der Waals surface area contributed by atoms with Gasteiger partial charge in [0.15, 0.2) is 0 Å². The van der Waals surface area contributed by atoms with Gasteiger partial charge in [-0.15, -0.1) is 16.4 Å². The first-order valence-corrected chi connectivity index (χ1v) is 17.4. The average molecular weight is 693 g/mol. The van der Waals surface area contributed by atoms with Gasteiger partial charge in [0, 0.05) is 29.2 Å². The van der Waals surface area contributed by atoms with E-state index in [-0.39, 0.29) is 35.5 Å². The Bertz CT molecular complexity index is 2390. The van der Waals surface area contributed by atoms with Crippen molar-refractivity contribution in [3.8, 4) is 27.6 Å². The van der Waals surface area contributed by atoms with E-state index in [1.165, 1.54) is 29.5 Å². The van der Waals surface area contributed by atoms with Gasteiger partial charge in [-0.05, 0) is 90.9 Å². The summed E-state index contributed by atoms with van der Waals surface area (Å²) in [5, 5.41) is 11.1. The predicted molar refractivity (Wildman–Crippen MR) is 183 cm³/mol. The van der Waals surface area contributed by atoms with Crippen molar-refractivity contribution in [1.29, 1.82) is 0 Å². The SMILES string of the molecule is COc1cc(F)cc2c1CC[C@H]2Nc1nccc2cc(-c3c4c(nc(CCc5ccc(F)cc5)c3-c3n[nH]c(=O)o3)[C@@H]3CCCN3C4=O)sc12. The van der Waals surface area contributed by atoms with E-state index >= 15 is 0 Å². The fourth-order valence-corrected chi connectivity index (χ4v) is 8.97. The Morgan fingerprint density at radius 1 is 1.04 bits per heavy atom. The number of H-pyrrole nitrogens is 1. The van der Waals surface area contributed by atoms with Crippen LogP contribution in [0.2, 0.25) is 0 Å². The summed E-state index contributed by atoms with van der Waals surface area (Å²) in [6.07, 6.45) is 5.87. The van der Waals surface area contributed by atoms with Gasteiger partial charge in [0.05, 0.1) is 46.4 Å². The molecule has 50 heavy (non-hydrogen) atoms. The fourth-order valence-electron chi connectivity index (χ4n) is 7.80. The summed E-state index contributed by atoms with van der Waals surface area (Å²) in [5.74, 6) is -0.283. The minimum atomic E-state index is -0.722. The molecule has 2 atom stereocenters. The second kappa shape index (κ2) is 11.9. The van der Waals surface area contributed by atoms with Crippen molar-refractivity contribution < 1.29 is 22.7 Å². The Morgan fingerprint density at radius 3 is 2.70 bits per heavy atom. The molecule has 10 nitrogen and oxygen atoms in total. The highest BCUT2D eigenvalue weighted by Gasteiger charge is 2.45. The lowest BCUT2D eigenvalue weighted by atomic mass is 9.93. The lowest BCUT2D eigenvalue weighted by molar-refractivity contribution is 0.0776. The third kappa shape index (κ3) is 4.98. The van der Waals surface area contributed by atoms with E-state index in [1.807, 2.05) is 17.0 Å². The number of benzene rings is 2. The first-order chi connectivity index (χ1) is 24.4. The van der Waals surface area contributed by atoms with Crippen LogP contribution in [-0.4, -0.2) is 44.6 Å².